The highest BCUT2D eigenvalue weighted by Gasteiger charge is 2.34. The molecule has 1 atom stereocenters. The number of hydrogen-bond acceptors (Lipinski definition) is 5. The molecule has 0 spiro atoms. The molecule has 7 nitrogen and oxygen atoms in total. The largest absolute Gasteiger partial charge is 0.444 e. The highest BCUT2D eigenvalue weighted by Crippen LogP contribution is 2.24. The van der Waals surface area contributed by atoms with Crippen molar-refractivity contribution in [2.75, 3.05) is 19.6 Å². The lowest BCUT2D eigenvalue weighted by Crippen LogP contribution is -2.46. The number of hydrogen-bond donors (Lipinski definition) is 1. The van der Waals surface area contributed by atoms with Gasteiger partial charge >= 0.3 is 6.09 Å². The van der Waals surface area contributed by atoms with E-state index >= 15 is 0 Å². The Labute approximate surface area is 177 Å². The Bertz CT molecular complexity index is 965. The van der Waals surface area contributed by atoms with Crippen LogP contribution in [-0.2, 0) is 17.7 Å². The number of benzene rings is 1. The van der Waals surface area contributed by atoms with Gasteiger partial charge in [-0.3, -0.25) is 9.69 Å². The molecular weight excluding hydrogens is 380 g/mol. The summed E-state index contributed by atoms with van der Waals surface area (Å²) >= 11 is 0. The van der Waals surface area contributed by atoms with Gasteiger partial charge in [-0.15, -0.1) is 0 Å². The minimum atomic E-state index is -0.493. The van der Waals surface area contributed by atoms with Gasteiger partial charge in [0.05, 0.1) is 5.69 Å². The van der Waals surface area contributed by atoms with Crippen LogP contribution < -0.4 is 5.56 Å². The van der Waals surface area contributed by atoms with E-state index in [1.54, 1.807) is 0 Å². The molecular formula is C23H30N4O3. The van der Waals surface area contributed by atoms with Gasteiger partial charge in [-0.1, -0.05) is 30.3 Å². The van der Waals surface area contributed by atoms with Crippen molar-refractivity contribution in [1.82, 2.24) is 19.8 Å². The molecule has 2 aromatic rings. The molecule has 1 saturated heterocycles. The van der Waals surface area contributed by atoms with Crippen LogP contribution in [0.3, 0.4) is 0 Å². The van der Waals surface area contributed by atoms with Crippen molar-refractivity contribution in [1.29, 1.82) is 0 Å². The van der Waals surface area contributed by atoms with E-state index in [9.17, 15) is 9.59 Å². The van der Waals surface area contributed by atoms with Gasteiger partial charge in [0.1, 0.15) is 11.4 Å². The van der Waals surface area contributed by atoms with Crippen molar-refractivity contribution in [3.05, 3.63) is 51.9 Å². The van der Waals surface area contributed by atoms with Gasteiger partial charge in [0.2, 0.25) is 0 Å². The second-order valence-electron chi connectivity index (χ2n) is 9.16. The summed E-state index contributed by atoms with van der Waals surface area (Å²) < 4.78 is 5.59. The number of ether oxygens (including phenoxy) is 1. The van der Waals surface area contributed by atoms with Crippen LogP contribution in [0.5, 0.6) is 0 Å². The molecule has 1 unspecified atom stereocenters. The van der Waals surface area contributed by atoms with Gasteiger partial charge < -0.3 is 14.6 Å². The normalized spacial score (nSPS) is 19.6. The number of H-pyrrole nitrogens is 1. The van der Waals surface area contributed by atoms with E-state index in [0.29, 0.717) is 18.8 Å². The lowest BCUT2D eigenvalue weighted by atomic mass is 10.0. The maximum absolute atomic E-state index is 12.6. The molecule has 30 heavy (non-hydrogen) atoms. The fourth-order valence-electron chi connectivity index (χ4n) is 4.27. The molecule has 1 aromatic carbocycles. The summed E-state index contributed by atoms with van der Waals surface area (Å²) in [5.41, 5.74) is 1.98. The molecule has 0 bridgehead atoms. The number of carbonyl (C=O) groups excluding carboxylic acids is 1. The van der Waals surface area contributed by atoms with Crippen LogP contribution in [0.1, 0.15) is 44.9 Å². The molecule has 1 N–H and O–H groups in total. The molecule has 4 rings (SSSR count). The molecule has 1 fully saturated rings. The monoisotopic (exact) mass is 410 g/mol. The zero-order chi connectivity index (χ0) is 21.3. The smallest absolute Gasteiger partial charge is 0.410 e. The SMILES string of the molecule is CC(C)(C)OC(=O)N1CCCC1CN1CCc2c(nc(-c3ccccc3)[nH]c2=O)C1. The highest BCUT2D eigenvalue weighted by molar-refractivity contribution is 5.69. The first-order chi connectivity index (χ1) is 14.3. The van der Waals surface area contributed by atoms with Gasteiger partial charge in [0.25, 0.3) is 5.56 Å². The predicted molar refractivity (Wildman–Crippen MR) is 115 cm³/mol. The van der Waals surface area contributed by atoms with E-state index in [4.69, 9.17) is 9.72 Å². The lowest BCUT2D eigenvalue weighted by molar-refractivity contribution is 0.0191. The number of rotatable bonds is 3. The van der Waals surface area contributed by atoms with E-state index < -0.39 is 5.60 Å². The van der Waals surface area contributed by atoms with Crippen LogP contribution in [0.2, 0.25) is 0 Å². The maximum atomic E-state index is 12.6. The van der Waals surface area contributed by atoms with Crippen molar-refractivity contribution in [2.24, 2.45) is 0 Å². The topological polar surface area (TPSA) is 78.5 Å². The fraction of sp³-hybridized carbons (Fsp3) is 0.522. The van der Waals surface area contributed by atoms with Crippen LogP contribution in [0.4, 0.5) is 4.79 Å². The molecule has 2 aliphatic rings. The third kappa shape index (κ3) is 4.56. The molecule has 2 aliphatic heterocycles. The summed E-state index contributed by atoms with van der Waals surface area (Å²) in [6, 6.07) is 9.85. The van der Waals surface area contributed by atoms with E-state index in [-0.39, 0.29) is 17.7 Å². The molecule has 0 aliphatic carbocycles. The van der Waals surface area contributed by atoms with Crippen molar-refractivity contribution in [3.63, 3.8) is 0 Å². The molecule has 0 saturated carbocycles. The second kappa shape index (κ2) is 8.22. The first-order valence-electron chi connectivity index (χ1n) is 10.7. The number of aromatic nitrogens is 2. The zero-order valence-electron chi connectivity index (χ0n) is 18.0. The van der Waals surface area contributed by atoms with Gasteiger partial charge in [-0.05, 0) is 40.0 Å². The number of nitrogens with zero attached hydrogens (tertiary/aromatic N) is 3. The Morgan fingerprint density at radius 1 is 1.23 bits per heavy atom. The Balaban J connectivity index is 1.48. The lowest BCUT2D eigenvalue weighted by Gasteiger charge is -2.34. The third-order valence-corrected chi connectivity index (χ3v) is 5.67. The number of nitrogens with one attached hydrogen (secondary N) is 1. The van der Waals surface area contributed by atoms with Crippen LogP contribution in [0.25, 0.3) is 11.4 Å². The molecule has 1 aromatic heterocycles. The molecule has 160 valence electrons. The van der Waals surface area contributed by atoms with Gasteiger partial charge in [-0.2, -0.15) is 0 Å². The van der Waals surface area contributed by atoms with E-state index in [0.717, 1.165) is 49.3 Å². The minimum Gasteiger partial charge on any atom is -0.444 e. The Morgan fingerprint density at radius 3 is 2.73 bits per heavy atom. The Morgan fingerprint density at radius 2 is 2.00 bits per heavy atom. The van der Waals surface area contributed by atoms with Crippen LogP contribution in [0.15, 0.2) is 35.1 Å². The van der Waals surface area contributed by atoms with E-state index in [2.05, 4.69) is 9.88 Å². The van der Waals surface area contributed by atoms with Gasteiger partial charge in [0, 0.05) is 43.3 Å². The number of amides is 1. The molecule has 1 amide bonds. The molecule has 7 heteroatoms. The van der Waals surface area contributed by atoms with Gasteiger partial charge in [-0.25, -0.2) is 9.78 Å². The maximum Gasteiger partial charge on any atom is 0.410 e. The number of aromatic amines is 1. The fourth-order valence-corrected chi connectivity index (χ4v) is 4.27. The highest BCUT2D eigenvalue weighted by atomic mass is 16.6. The summed E-state index contributed by atoms with van der Waals surface area (Å²) in [6.07, 6.45) is 2.40. The van der Waals surface area contributed by atoms with Crippen molar-refractivity contribution >= 4 is 6.09 Å². The summed E-state index contributed by atoms with van der Waals surface area (Å²) in [5.74, 6) is 0.609. The first kappa shape index (κ1) is 20.6. The predicted octanol–water partition coefficient (Wildman–Crippen LogP) is 3.19. The van der Waals surface area contributed by atoms with Gasteiger partial charge in [0.15, 0.2) is 0 Å². The second-order valence-corrected chi connectivity index (χ2v) is 9.16. The zero-order valence-corrected chi connectivity index (χ0v) is 18.0. The quantitative estimate of drug-likeness (QED) is 0.841. The average molecular weight is 411 g/mol. The van der Waals surface area contributed by atoms with Crippen LogP contribution >= 0.6 is 0 Å². The third-order valence-electron chi connectivity index (χ3n) is 5.67. The Hall–Kier alpha value is -2.67. The van der Waals surface area contributed by atoms with Crippen molar-refractivity contribution in [2.45, 2.75) is 58.2 Å². The summed E-state index contributed by atoms with van der Waals surface area (Å²) in [4.78, 5) is 37.0. The summed E-state index contributed by atoms with van der Waals surface area (Å²) in [5, 5.41) is 0. The van der Waals surface area contributed by atoms with Crippen LogP contribution in [0, 0.1) is 0 Å². The summed E-state index contributed by atoms with van der Waals surface area (Å²) in [6.45, 7) is 8.61. The van der Waals surface area contributed by atoms with E-state index in [1.807, 2.05) is 56.0 Å². The standard InChI is InChI=1S/C23H30N4O3/c1-23(2,3)30-22(29)27-12-7-10-17(27)14-26-13-11-18-19(15-26)24-20(25-21(18)28)16-8-5-4-6-9-16/h4-6,8-9,17H,7,10-15H2,1-3H3,(H,24,25,28). The summed E-state index contributed by atoms with van der Waals surface area (Å²) in [7, 11) is 0. The van der Waals surface area contributed by atoms with E-state index in [1.165, 1.54) is 0 Å². The van der Waals surface area contributed by atoms with Crippen molar-refractivity contribution in [3.8, 4) is 11.4 Å². The Kier molecular flexibility index (Phi) is 5.64. The molecule has 0 radical (unpaired) electrons. The average Bonchev–Trinajstić information content (AvgIpc) is 3.15. The van der Waals surface area contributed by atoms with Crippen molar-refractivity contribution < 1.29 is 9.53 Å². The first-order valence-corrected chi connectivity index (χ1v) is 10.7. The minimum absolute atomic E-state index is 0.0465. The molecule has 3 heterocycles. The number of fused-ring (bicyclic) bond motifs is 1. The van der Waals surface area contributed by atoms with Crippen LogP contribution in [-0.4, -0.2) is 57.1 Å². The number of carbonyl (C=O) groups is 1. The number of likely N-dealkylation sites (tertiary alicyclic amines) is 1.